The molecule has 0 bridgehead atoms. The maximum Gasteiger partial charge on any atom is 0.407 e. The van der Waals surface area contributed by atoms with Gasteiger partial charge in [-0.05, 0) is 45.6 Å². The fourth-order valence-corrected chi connectivity index (χ4v) is 2.91. The molecule has 126 valence electrons. The van der Waals surface area contributed by atoms with Crippen LogP contribution in [0.4, 0.5) is 4.79 Å². The van der Waals surface area contributed by atoms with E-state index in [1.807, 2.05) is 56.0 Å². The van der Waals surface area contributed by atoms with E-state index in [4.69, 9.17) is 4.74 Å². The first-order chi connectivity index (χ1) is 10.9. The van der Waals surface area contributed by atoms with Crippen molar-refractivity contribution in [2.24, 2.45) is 0 Å². The summed E-state index contributed by atoms with van der Waals surface area (Å²) in [6.45, 7) is 6.14. The molecule has 5 nitrogen and oxygen atoms in total. The third-order valence-electron chi connectivity index (χ3n) is 3.94. The zero-order chi connectivity index (χ0) is 16.9. The molecule has 1 aromatic carbocycles. The van der Waals surface area contributed by atoms with E-state index in [1.165, 1.54) is 0 Å². The van der Waals surface area contributed by atoms with Crippen LogP contribution in [0.25, 0.3) is 0 Å². The number of nitrogens with zero attached hydrogens (tertiary/aromatic N) is 1. The zero-order valence-corrected chi connectivity index (χ0v) is 14.1. The van der Waals surface area contributed by atoms with Gasteiger partial charge in [-0.25, -0.2) is 4.79 Å². The Kier molecular flexibility index (Phi) is 5.64. The molecule has 1 aliphatic carbocycles. The molecule has 23 heavy (non-hydrogen) atoms. The van der Waals surface area contributed by atoms with E-state index in [0.29, 0.717) is 6.54 Å². The lowest BCUT2D eigenvalue weighted by Crippen LogP contribution is -2.39. The van der Waals surface area contributed by atoms with E-state index >= 15 is 0 Å². The van der Waals surface area contributed by atoms with Gasteiger partial charge in [-0.1, -0.05) is 30.3 Å². The van der Waals surface area contributed by atoms with Crippen molar-refractivity contribution in [2.75, 3.05) is 0 Å². The molecule has 1 N–H and O–H groups in total. The summed E-state index contributed by atoms with van der Waals surface area (Å²) in [4.78, 5) is 25.1. The van der Waals surface area contributed by atoms with Gasteiger partial charge >= 0.3 is 6.09 Å². The molecule has 5 heteroatoms. The van der Waals surface area contributed by atoms with Gasteiger partial charge in [0, 0.05) is 18.6 Å². The molecule has 2 atom stereocenters. The fraction of sp³-hybridized carbons (Fsp3) is 0.556. The Labute approximate surface area is 138 Å². The van der Waals surface area contributed by atoms with E-state index in [2.05, 4.69) is 5.32 Å². The molecule has 0 unspecified atom stereocenters. The lowest BCUT2D eigenvalue weighted by molar-refractivity contribution is -0.120. The molecule has 1 fully saturated rings. The number of nitrogens with one attached hydrogen (secondary N) is 1. The summed E-state index contributed by atoms with van der Waals surface area (Å²) in [6.07, 6.45) is 3.05. The van der Waals surface area contributed by atoms with Gasteiger partial charge < -0.3 is 15.0 Å². The van der Waals surface area contributed by atoms with Gasteiger partial charge in [0.05, 0.1) is 0 Å². The Bertz CT molecular complexity index is 525. The Morgan fingerprint density at radius 1 is 1.30 bits per heavy atom. The first-order valence-corrected chi connectivity index (χ1v) is 8.12. The van der Waals surface area contributed by atoms with Crippen LogP contribution in [0, 0.1) is 0 Å². The average Bonchev–Trinajstić information content (AvgIpc) is 2.92. The third-order valence-corrected chi connectivity index (χ3v) is 3.94. The van der Waals surface area contributed by atoms with Crippen molar-refractivity contribution in [2.45, 2.75) is 64.3 Å². The number of amides is 2. The Morgan fingerprint density at radius 2 is 2.00 bits per heavy atom. The van der Waals surface area contributed by atoms with Crippen LogP contribution in [-0.4, -0.2) is 35.1 Å². The average molecular weight is 318 g/mol. The molecular weight excluding hydrogens is 292 g/mol. The van der Waals surface area contributed by atoms with Crippen molar-refractivity contribution in [1.29, 1.82) is 0 Å². The largest absolute Gasteiger partial charge is 0.444 e. The van der Waals surface area contributed by atoms with Gasteiger partial charge in [-0.3, -0.25) is 4.79 Å². The second kappa shape index (κ2) is 7.49. The Morgan fingerprint density at radius 3 is 2.61 bits per heavy atom. The summed E-state index contributed by atoms with van der Waals surface area (Å²) in [5.41, 5.74) is 0.618. The van der Waals surface area contributed by atoms with Crippen LogP contribution in [0.2, 0.25) is 0 Å². The minimum atomic E-state index is -0.496. The molecular formula is C18H26N2O3. The monoisotopic (exact) mass is 318 g/mol. The lowest BCUT2D eigenvalue weighted by Gasteiger charge is -2.25. The first-order valence-electron chi connectivity index (χ1n) is 8.12. The van der Waals surface area contributed by atoms with E-state index in [0.717, 1.165) is 31.2 Å². The van der Waals surface area contributed by atoms with Crippen LogP contribution < -0.4 is 5.32 Å². The summed E-state index contributed by atoms with van der Waals surface area (Å²) in [6, 6.07) is 10.2. The first kappa shape index (κ1) is 17.3. The number of carbonyl (C=O) groups is 2. The van der Waals surface area contributed by atoms with Gasteiger partial charge in [0.25, 0.3) is 0 Å². The molecule has 1 aromatic rings. The standard InChI is InChI=1S/C18H26N2O3/c1-18(2,3)23-17(22)19-15-9-10-16(11-15)20(13-21)12-14-7-5-4-6-8-14/h4-8,13,15-16H,9-12H2,1-3H3,(H,19,22)/t15-,16+/m0/s1. The molecule has 0 spiro atoms. The SMILES string of the molecule is CC(C)(C)OC(=O)N[C@H]1CC[C@@H](N(C=O)Cc2ccccc2)C1. The molecule has 0 heterocycles. The number of rotatable bonds is 5. The van der Waals surface area contributed by atoms with Crippen LogP contribution in [-0.2, 0) is 16.1 Å². The van der Waals surface area contributed by atoms with E-state index < -0.39 is 5.60 Å². The van der Waals surface area contributed by atoms with Crippen molar-refractivity contribution in [3.05, 3.63) is 35.9 Å². The van der Waals surface area contributed by atoms with E-state index in [-0.39, 0.29) is 18.2 Å². The fourth-order valence-electron chi connectivity index (χ4n) is 2.91. The minimum Gasteiger partial charge on any atom is -0.444 e. The second-order valence-corrected chi connectivity index (χ2v) is 7.07. The molecule has 0 saturated heterocycles. The van der Waals surface area contributed by atoms with Crippen molar-refractivity contribution in [1.82, 2.24) is 10.2 Å². The highest BCUT2D eigenvalue weighted by Gasteiger charge is 2.30. The maximum absolute atomic E-state index is 11.8. The molecule has 0 radical (unpaired) electrons. The van der Waals surface area contributed by atoms with Crippen LogP contribution in [0.1, 0.15) is 45.6 Å². The summed E-state index contributed by atoms with van der Waals surface area (Å²) in [7, 11) is 0. The van der Waals surface area contributed by atoms with Crippen molar-refractivity contribution < 1.29 is 14.3 Å². The zero-order valence-electron chi connectivity index (χ0n) is 14.1. The smallest absolute Gasteiger partial charge is 0.407 e. The third kappa shape index (κ3) is 5.58. The summed E-state index contributed by atoms with van der Waals surface area (Å²) in [5.74, 6) is 0. The topological polar surface area (TPSA) is 58.6 Å². The normalized spacial score (nSPS) is 20.8. The van der Waals surface area contributed by atoms with Crippen molar-refractivity contribution in [3.63, 3.8) is 0 Å². The summed E-state index contributed by atoms with van der Waals surface area (Å²) >= 11 is 0. The van der Waals surface area contributed by atoms with Crippen LogP contribution >= 0.6 is 0 Å². The number of hydrogen-bond donors (Lipinski definition) is 1. The number of benzene rings is 1. The lowest BCUT2D eigenvalue weighted by atomic mass is 10.1. The Balaban J connectivity index is 1.85. The number of carbonyl (C=O) groups excluding carboxylic acids is 2. The van der Waals surface area contributed by atoms with Gasteiger partial charge in [0.15, 0.2) is 0 Å². The Hall–Kier alpha value is -2.04. The molecule has 0 aromatic heterocycles. The molecule has 2 rings (SSSR count). The van der Waals surface area contributed by atoms with Gasteiger partial charge in [0.1, 0.15) is 5.60 Å². The predicted octanol–water partition coefficient (Wildman–Crippen LogP) is 3.09. The highest BCUT2D eigenvalue weighted by atomic mass is 16.6. The van der Waals surface area contributed by atoms with Crippen LogP contribution in [0.3, 0.4) is 0 Å². The predicted molar refractivity (Wildman–Crippen MR) is 88.8 cm³/mol. The number of ether oxygens (including phenoxy) is 1. The van der Waals surface area contributed by atoms with Gasteiger partial charge in [-0.2, -0.15) is 0 Å². The van der Waals surface area contributed by atoms with E-state index in [9.17, 15) is 9.59 Å². The summed E-state index contributed by atoms with van der Waals surface area (Å²) < 4.78 is 5.28. The quantitative estimate of drug-likeness (QED) is 0.849. The van der Waals surface area contributed by atoms with Gasteiger partial charge in [0.2, 0.25) is 6.41 Å². The molecule has 1 saturated carbocycles. The van der Waals surface area contributed by atoms with Crippen molar-refractivity contribution in [3.8, 4) is 0 Å². The second-order valence-electron chi connectivity index (χ2n) is 7.07. The van der Waals surface area contributed by atoms with Crippen LogP contribution in [0.5, 0.6) is 0 Å². The van der Waals surface area contributed by atoms with Gasteiger partial charge in [-0.15, -0.1) is 0 Å². The van der Waals surface area contributed by atoms with Crippen molar-refractivity contribution >= 4 is 12.5 Å². The molecule has 0 aliphatic heterocycles. The molecule has 1 aliphatic rings. The van der Waals surface area contributed by atoms with E-state index in [1.54, 1.807) is 0 Å². The highest BCUT2D eigenvalue weighted by Crippen LogP contribution is 2.25. The number of alkyl carbamates (subject to hydrolysis) is 1. The maximum atomic E-state index is 11.8. The number of hydrogen-bond acceptors (Lipinski definition) is 3. The highest BCUT2D eigenvalue weighted by molar-refractivity contribution is 5.68. The summed E-state index contributed by atoms with van der Waals surface area (Å²) in [5, 5.41) is 2.90. The minimum absolute atomic E-state index is 0.0630. The van der Waals surface area contributed by atoms with Crippen LogP contribution in [0.15, 0.2) is 30.3 Å². The molecule has 2 amide bonds.